The molecule has 1 aromatic rings. The normalized spacial score (nSPS) is 17.7. The van der Waals surface area contributed by atoms with Gasteiger partial charge in [0.05, 0.1) is 10.9 Å². The van der Waals surface area contributed by atoms with E-state index in [0.29, 0.717) is 6.04 Å². The summed E-state index contributed by atoms with van der Waals surface area (Å²) >= 11 is 1.58. The molecule has 0 radical (unpaired) electrons. The molecule has 1 aliphatic carbocycles. The average molecular weight is 324 g/mol. The van der Waals surface area contributed by atoms with Crippen molar-refractivity contribution in [3.63, 3.8) is 0 Å². The lowest BCUT2D eigenvalue weighted by Crippen LogP contribution is -2.44. The highest BCUT2D eigenvalue weighted by Crippen LogP contribution is 2.36. The van der Waals surface area contributed by atoms with Crippen molar-refractivity contribution in [1.29, 1.82) is 0 Å². The van der Waals surface area contributed by atoms with E-state index < -0.39 is 0 Å². The third kappa shape index (κ3) is 4.06. The highest BCUT2D eigenvalue weighted by atomic mass is 32.2. The maximum absolute atomic E-state index is 12.3. The topological polar surface area (TPSA) is 46.9 Å². The Morgan fingerprint density at radius 3 is 2.45 bits per heavy atom. The lowest BCUT2D eigenvalue weighted by Gasteiger charge is -2.23. The lowest BCUT2D eigenvalue weighted by atomic mass is 10.1. The molecule has 124 valence electrons. The van der Waals surface area contributed by atoms with Crippen molar-refractivity contribution in [2.75, 3.05) is 0 Å². The van der Waals surface area contributed by atoms with Crippen LogP contribution in [0.1, 0.15) is 70.8 Å². The van der Waals surface area contributed by atoms with E-state index in [1.165, 1.54) is 31.4 Å². The largest absolute Gasteiger partial charge is 0.351 e. The SMILES string of the molecule is Cc1nc(S[C@H](C)C(=O)NC(C)(C)C)n(C2CCCC2)c1C. The average Bonchev–Trinajstić information content (AvgIpc) is 2.97. The minimum absolute atomic E-state index is 0.0776. The van der Waals surface area contributed by atoms with Crippen molar-refractivity contribution < 1.29 is 4.79 Å². The predicted octanol–water partition coefficient (Wildman–Crippen LogP) is 4.01. The van der Waals surface area contributed by atoms with Gasteiger partial charge in [0.15, 0.2) is 5.16 Å². The minimum atomic E-state index is -0.196. The van der Waals surface area contributed by atoms with Crippen molar-refractivity contribution in [1.82, 2.24) is 14.9 Å². The van der Waals surface area contributed by atoms with E-state index in [1.807, 2.05) is 27.7 Å². The van der Waals surface area contributed by atoms with Crippen LogP contribution in [0.3, 0.4) is 0 Å². The van der Waals surface area contributed by atoms with Crippen LogP contribution in [0.5, 0.6) is 0 Å². The number of carbonyl (C=O) groups excluding carboxylic acids is 1. The van der Waals surface area contributed by atoms with E-state index in [1.54, 1.807) is 11.8 Å². The quantitative estimate of drug-likeness (QED) is 0.852. The molecule has 1 heterocycles. The van der Waals surface area contributed by atoms with E-state index in [0.717, 1.165) is 10.9 Å². The summed E-state index contributed by atoms with van der Waals surface area (Å²) in [7, 11) is 0. The standard InChI is InChI=1S/C17H29N3OS/c1-11-12(2)20(14-9-7-8-10-14)16(18-11)22-13(3)15(21)19-17(4,5)6/h13-14H,7-10H2,1-6H3,(H,19,21)/t13-/m1/s1. The number of imidazole rings is 1. The molecule has 0 aliphatic heterocycles. The van der Waals surface area contributed by atoms with Crippen LogP contribution >= 0.6 is 11.8 Å². The first kappa shape index (κ1) is 17.4. The highest BCUT2D eigenvalue weighted by Gasteiger charge is 2.26. The maximum atomic E-state index is 12.3. The molecule has 1 atom stereocenters. The van der Waals surface area contributed by atoms with Gasteiger partial charge in [-0.1, -0.05) is 24.6 Å². The third-order valence-corrected chi connectivity index (χ3v) is 5.26. The molecule has 0 bridgehead atoms. The van der Waals surface area contributed by atoms with Crippen LogP contribution in [0, 0.1) is 13.8 Å². The zero-order valence-electron chi connectivity index (χ0n) is 14.7. The number of hydrogen-bond donors (Lipinski definition) is 1. The second kappa shape index (κ2) is 6.65. The summed E-state index contributed by atoms with van der Waals surface area (Å²) in [6.45, 7) is 12.2. The zero-order chi connectivity index (χ0) is 16.5. The second-order valence-corrected chi connectivity index (χ2v) is 8.68. The molecule has 1 N–H and O–H groups in total. The number of hydrogen-bond acceptors (Lipinski definition) is 3. The number of thioether (sulfide) groups is 1. The van der Waals surface area contributed by atoms with Gasteiger partial charge in [0.1, 0.15) is 0 Å². The molecule has 22 heavy (non-hydrogen) atoms. The van der Waals surface area contributed by atoms with Crippen LogP contribution in [0.15, 0.2) is 5.16 Å². The van der Waals surface area contributed by atoms with Crippen LogP contribution in [0.2, 0.25) is 0 Å². The van der Waals surface area contributed by atoms with Gasteiger partial charge < -0.3 is 9.88 Å². The Bertz CT molecular complexity index is 539. The van der Waals surface area contributed by atoms with E-state index in [-0.39, 0.29) is 16.7 Å². The molecule has 4 nitrogen and oxygen atoms in total. The molecular formula is C17H29N3OS. The molecule has 5 heteroatoms. The molecule has 1 amide bonds. The van der Waals surface area contributed by atoms with Crippen LogP contribution in [0.4, 0.5) is 0 Å². The van der Waals surface area contributed by atoms with Gasteiger partial charge in [-0.15, -0.1) is 0 Å². The monoisotopic (exact) mass is 323 g/mol. The molecular weight excluding hydrogens is 294 g/mol. The number of nitrogens with zero attached hydrogens (tertiary/aromatic N) is 2. The predicted molar refractivity (Wildman–Crippen MR) is 92.4 cm³/mol. The number of aromatic nitrogens is 2. The Balaban J connectivity index is 2.15. The molecule has 1 aliphatic rings. The Kier molecular flexibility index (Phi) is 5.25. The first-order valence-corrected chi connectivity index (χ1v) is 9.11. The second-order valence-electron chi connectivity index (χ2n) is 7.37. The number of carbonyl (C=O) groups is 1. The smallest absolute Gasteiger partial charge is 0.233 e. The molecule has 0 aromatic carbocycles. The molecule has 0 unspecified atom stereocenters. The zero-order valence-corrected chi connectivity index (χ0v) is 15.5. The van der Waals surface area contributed by atoms with E-state index in [4.69, 9.17) is 4.98 Å². The van der Waals surface area contributed by atoms with Gasteiger partial charge in [-0.25, -0.2) is 4.98 Å². The number of rotatable bonds is 4. The Hall–Kier alpha value is -0.970. The van der Waals surface area contributed by atoms with Crippen molar-refractivity contribution in [2.45, 2.75) is 89.2 Å². The summed E-state index contributed by atoms with van der Waals surface area (Å²) < 4.78 is 2.37. The van der Waals surface area contributed by atoms with Gasteiger partial charge in [0.25, 0.3) is 0 Å². The fourth-order valence-electron chi connectivity index (χ4n) is 2.95. The van der Waals surface area contributed by atoms with Gasteiger partial charge in [0, 0.05) is 17.3 Å². The molecule has 0 saturated heterocycles. The summed E-state index contributed by atoms with van der Waals surface area (Å²) in [6.07, 6.45) is 5.05. The number of amides is 1. The molecule has 1 aromatic heterocycles. The molecule has 1 fully saturated rings. The van der Waals surface area contributed by atoms with E-state index in [2.05, 4.69) is 23.7 Å². The summed E-state index contributed by atoms with van der Waals surface area (Å²) in [5, 5.41) is 3.91. The van der Waals surface area contributed by atoms with Crippen molar-refractivity contribution in [3.05, 3.63) is 11.4 Å². The summed E-state index contributed by atoms with van der Waals surface area (Å²) in [6, 6.07) is 0.557. The Morgan fingerprint density at radius 1 is 1.32 bits per heavy atom. The molecule has 1 saturated carbocycles. The van der Waals surface area contributed by atoms with Crippen LogP contribution < -0.4 is 5.32 Å². The summed E-state index contributed by atoms with van der Waals surface area (Å²) in [5.74, 6) is 0.0776. The summed E-state index contributed by atoms with van der Waals surface area (Å²) in [5.41, 5.74) is 2.13. The lowest BCUT2D eigenvalue weighted by molar-refractivity contribution is -0.121. The fraction of sp³-hybridized carbons (Fsp3) is 0.765. The highest BCUT2D eigenvalue weighted by molar-refractivity contribution is 8.00. The minimum Gasteiger partial charge on any atom is -0.351 e. The van der Waals surface area contributed by atoms with Gasteiger partial charge in [-0.2, -0.15) is 0 Å². The van der Waals surface area contributed by atoms with Crippen LogP contribution in [-0.4, -0.2) is 26.2 Å². The molecule has 0 spiro atoms. The van der Waals surface area contributed by atoms with Gasteiger partial charge in [-0.05, 0) is 54.4 Å². The summed E-state index contributed by atoms with van der Waals surface area (Å²) in [4.78, 5) is 17.0. The van der Waals surface area contributed by atoms with Crippen LogP contribution in [-0.2, 0) is 4.79 Å². The van der Waals surface area contributed by atoms with Gasteiger partial charge >= 0.3 is 0 Å². The van der Waals surface area contributed by atoms with E-state index in [9.17, 15) is 4.79 Å². The Morgan fingerprint density at radius 2 is 1.91 bits per heavy atom. The Labute approximate surface area is 138 Å². The first-order valence-electron chi connectivity index (χ1n) is 8.23. The van der Waals surface area contributed by atoms with Crippen molar-refractivity contribution >= 4 is 17.7 Å². The van der Waals surface area contributed by atoms with Gasteiger partial charge in [0.2, 0.25) is 5.91 Å². The van der Waals surface area contributed by atoms with Crippen LogP contribution in [0.25, 0.3) is 0 Å². The maximum Gasteiger partial charge on any atom is 0.233 e. The third-order valence-electron chi connectivity index (χ3n) is 4.19. The van der Waals surface area contributed by atoms with Gasteiger partial charge in [-0.3, -0.25) is 4.79 Å². The number of aryl methyl sites for hydroxylation is 1. The van der Waals surface area contributed by atoms with Crippen molar-refractivity contribution in [3.8, 4) is 0 Å². The number of nitrogens with one attached hydrogen (secondary N) is 1. The fourth-order valence-corrected chi connectivity index (χ4v) is 4.03. The first-order chi connectivity index (χ1) is 10.2. The van der Waals surface area contributed by atoms with Crippen molar-refractivity contribution in [2.24, 2.45) is 0 Å². The molecule has 2 rings (SSSR count). The van der Waals surface area contributed by atoms with E-state index >= 15 is 0 Å².